The van der Waals surface area contributed by atoms with Gasteiger partial charge in [0.25, 0.3) is 0 Å². The molecule has 3 heterocycles. The molecule has 0 unspecified atom stereocenters. The Balaban J connectivity index is 1.60. The van der Waals surface area contributed by atoms with Gasteiger partial charge >= 0.3 is 12.1 Å². The van der Waals surface area contributed by atoms with Crippen molar-refractivity contribution in [1.82, 2.24) is 9.55 Å². The lowest BCUT2D eigenvalue weighted by atomic mass is 9.85. The van der Waals surface area contributed by atoms with Crippen LogP contribution in [0.1, 0.15) is 82.3 Å². The molecule has 2 fully saturated rings. The lowest BCUT2D eigenvalue weighted by molar-refractivity contribution is -0.143. The lowest BCUT2D eigenvalue weighted by Gasteiger charge is -2.34. The van der Waals surface area contributed by atoms with Gasteiger partial charge in [0.15, 0.2) is 0 Å². The number of amides is 1. The molecule has 9 nitrogen and oxygen atoms in total. The van der Waals surface area contributed by atoms with Crippen LogP contribution in [0, 0.1) is 5.92 Å². The van der Waals surface area contributed by atoms with Crippen molar-refractivity contribution in [2.45, 2.75) is 89.5 Å². The molecule has 0 spiro atoms. The first-order valence-corrected chi connectivity index (χ1v) is 13.3. The van der Waals surface area contributed by atoms with E-state index in [9.17, 15) is 14.7 Å². The highest BCUT2D eigenvalue weighted by molar-refractivity contribution is 5.95. The fourth-order valence-electron chi connectivity index (χ4n) is 6.25. The molecule has 5 rings (SSSR count). The molecule has 1 aromatic heterocycles. The van der Waals surface area contributed by atoms with Gasteiger partial charge < -0.3 is 23.9 Å². The number of carbonyl (C=O) groups is 2. The van der Waals surface area contributed by atoms with Gasteiger partial charge in [-0.15, -0.1) is 0 Å². The van der Waals surface area contributed by atoms with Crippen molar-refractivity contribution >= 4 is 28.8 Å². The molecule has 0 bridgehead atoms. The van der Waals surface area contributed by atoms with Crippen molar-refractivity contribution < 1.29 is 28.9 Å². The van der Waals surface area contributed by atoms with Crippen LogP contribution in [0.5, 0.6) is 0 Å². The van der Waals surface area contributed by atoms with Crippen LogP contribution in [-0.4, -0.2) is 59.2 Å². The van der Waals surface area contributed by atoms with Gasteiger partial charge in [0, 0.05) is 30.9 Å². The first-order valence-electron chi connectivity index (χ1n) is 13.3. The molecule has 2 aliphatic heterocycles. The summed E-state index contributed by atoms with van der Waals surface area (Å²) in [5.41, 5.74) is 3.75. The fourth-order valence-corrected chi connectivity index (χ4v) is 6.25. The summed E-state index contributed by atoms with van der Waals surface area (Å²) in [6.45, 7) is 5.48. The number of aliphatic carboxylic acids is 1. The van der Waals surface area contributed by atoms with Crippen LogP contribution in [-0.2, 0) is 25.4 Å². The maximum Gasteiger partial charge on any atom is 0.414 e. The topological polar surface area (TPSA) is 103 Å². The predicted octanol–water partition coefficient (Wildman–Crippen LogP) is 5.02. The third kappa shape index (κ3) is 4.59. The molecule has 196 valence electrons. The number of hydrogen-bond acceptors (Lipinski definition) is 6. The molecule has 9 heteroatoms. The Morgan fingerprint density at radius 1 is 1.17 bits per heavy atom. The Morgan fingerprint density at radius 3 is 2.67 bits per heavy atom. The van der Waals surface area contributed by atoms with Gasteiger partial charge in [0.05, 0.1) is 35.9 Å². The minimum atomic E-state index is -0.725. The van der Waals surface area contributed by atoms with E-state index < -0.39 is 5.97 Å². The number of anilines is 1. The maximum absolute atomic E-state index is 12.6. The summed E-state index contributed by atoms with van der Waals surface area (Å²) in [6.07, 6.45) is 5.93. The molecule has 1 aliphatic carbocycles. The van der Waals surface area contributed by atoms with Crippen molar-refractivity contribution in [3.8, 4) is 0 Å². The summed E-state index contributed by atoms with van der Waals surface area (Å²) < 4.78 is 19.3. The molecule has 1 amide bonds. The summed E-state index contributed by atoms with van der Waals surface area (Å²) in [5.74, 6) is -0.240. The number of aryl methyl sites for hydroxylation is 1. The van der Waals surface area contributed by atoms with Gasteiger partial charge in [-0.2, -0.15) is 0 Å². The monoisotopic (exact) mass is 499 g/mol. The maximum atomic E-state index is 12.6. The minimum Gasteiger partial charge on any atom is -0.481 e. The molecular formula is C27H37N3O6. The van der Waals surface area contributed by atoms with E-state index in [2.05, 4.69) is 4.57 Å². The van der Waals surface area contributed by atoms with Crippen molar-refractivity contribution in [1.29, 1.82) is 0 Å². The van der Waals surface area contributed by atoms with Crippen LogP contribution in [0.4, 0.5) is 10.5 Å². The Labute approximate surface area is 211 Å². The van der Waals surface area contributed by atoms with Crippen LogP contribution in [0.25, 0.3) is 11.0 Å². The number of nitrogens with zero attached hydrogens (tertiary/aromatic N) is 3. The van der Waals surface area contributed by atoms with E-state index in [1.54, 1.807) is 4.90 Å². The molecular weight excluding hydrogens is 462 g/mol. The van der Waals surface area contributed by atoms with Crippen LogP contribution in [0.15, 0.2) is 12.1 Å². The summed E-state index contributed by atoms with van der Waals surface area (Å²) in [4.78, 5) is 31.4. The number of benzene rings is 1. The van der Waals surface area contributed by atoms with Crippen molar-refractivity contribution in [2.24, 2.45) is 5.92 Å². The zero-order chi connectivity index (χ0) is 25.4. The predicted molar refractivity (Wildman–Crippen MR) is 134 cm³/mol. The van der Waals surface area contributed by atoms with Gasteiger partial charge in [0.1, 0.15) is 11.9 Å². The van der Waals surface area contributed by atoms with Gasteiger partial charge in [-0.05, 0) is 70.9 Å². The number of fused-ring (bicyclic) bond motifs is 3. The molecule has 1 saturated heterocycles. The van der Waals surface area contributed by atoms with Gasteiger partial charge in [-0.1, -0.05) is 6.42 Å². The average Bonchev–Trinajstić information content (AvgIpc) is 3.29. The molecule has 1 N–H and O–H groups in total. The van der Waals surface area contributed by atoms with E-state index in [1.165, 1.54) is 7.11 Å². The Morgan fingerprint density at radius 2 is 1.94 bits per heavy atom. The zero-order valence-corrected chi connectivity index (χ0v) is 21.4. The summed E-state index contributed by atoms with van der Waals surface area (Å²) >= 11 is 0. The standard InChI is InChI=1S/C27H37N3O6/c1-16-7-8-21-22(29(16)27(33)34-3)9-10-23-24(21)28-25(17(2)36-20-11-13-35-14-12-20)30(23)19-6-4-5-18(15-19)26(31)32/h9-10,16-20H,4-8,11-15H2,1-3H3,(H,31,32)/t16-,17+,18+,19+/m0/s1. The normalized spacial score (nSPS) is 26.0. The second-order valence-corrected chi connectivity index (χ2v) is 10.4. The Bertz CT molecular complexity index is 1120. The Hall–Kier alpha value is -2.65. The SMILES string of the molecule is COC(=O)N1c2ccc3c(nc([C@@H](C)OC4CCOCC4)n3[C@@H]3CCC[C@@H](C(=O)O)C3)c2CC[C@@H]1C. The van der Waals surface area contributed by atoms with E-state index in [-0.39, 0.29) is 36.3 Å². The van der Waals surface area contributed by atoms with Gasteiger partial charge in [-0.3, -0.25) is 9.69 Å². The number of hydrogen-bond donors (Lipinski definition) is 1. The van der Waals surface area contributed by atoms with Gasteiger partial charge in [0.2, 0.25) is 0 Å². The number of carboxylic acid groups (broad SMARTS) is 1. The number of methoxy groups -OCH3 is 1. The van der Waals surface area contributed by atoms with Crippen LogP contribution >= 0.6 is 0 Å². The van der Waals surface area contributed by atoms with E-state index in [4.69, 9.17) is 19.2 Å². The number of carboxylic acids is 1. The third-order valence-electron chi connectivity index (χ3n) is 8.14. The molecule has 1 aromatic carbocycles. The quantitative estimate of drug-likeness (QED) is 0.616. The molecule has 1 saturated carbocycles. The first-order chi connectivity index (χ1) is 17.4. The van der Waals surface area contributed by atoms with E-state index in [0.29, 0.717) is 26.1 Å². The largest absolute Gasteiger partial charge is 0.481 e. The summed E-state index contributed by atoms with van der Waals surface area (Å²) in [7, 11) is 1.41. The van der Waals surface area contributed by atoms with Crippen molar-refractivity contribution in [2.75, 3.05) is 25.2 Å². The highest BCUT2D eigenvalue weighted by atomic mass is 16.5. The van der Waals surface area contributed by atoms with E-state index in [0.717, 1.165) is 66.6 Å². The highest BCUT2D eigenvalue weighted by Crippen LogP contribution is 2.42. The smallest absolute Gasteiger partial charge is 0.414 e. The number of imidazole rings is 1. The number of carbonyl (C=O) groups excluding carboxylic acids is 1. The average molecular weight is 500 g/mol. The number of rotatable bonds is 5. The second-order valence-electron chi connectivity index (χ2n) is 10.4. The first kappa shape index (κ1) is 25.0. The third-order valence-corrected chi connectivity index (χ3v) is 8.14. The lowest BCUT2D eigenvalue weighted by Crippen LogP contribution is -2.42. The minimum absolute atomic E-state index is 0.0365. The number of aromatic nitrogens is 2. The molecule has 3 aliphatic rings. The van der Waals surface area contributed by atoms with Crippen LogP contribution in [0.2, 0.25) is 0 Å². The molecule has 36 heavy (non-hydrogen) atoms. The summed E-state index contributed by atoms with van der Waals surface area (Å²) in [6, 6.07) is 4.10. The second kappa shape index (κ2) is 10.4. The van der Waals surface area contributed by atoms with Crippen LogP contribution < -0.4 is 4.90 Å². The van der Waals surface area contributed by atoms with Gasteiger partial charge in [-0.25, -0.2) is 9.78 Å². The highest BCUT2D eigenvalue weighted by Gasteiger charge is 2.35. The molecule has 2 aromatic rings. The van der Waals surface area contributed by atoms with Crippen molar-refractivity contribution in [3.05, 3.63) is 23.5 Å². The van der Waals surface area contributed by atoms with Crippen molar-refractivity contribution in [3.63, 3.8) is 0 Å². The fraction of sp³-hybridized carbons (Fsp3) is 0.667. The zero-order valence-electron chi connectivity index (χ0n) is 21.4. The van der Waals surface area contributed by atoms with Crippen LogP contribution in [0.3, 0.4) is 0 Å². The molecule has 4 atom stereocenters. The number of ether oxygens (including phenoxy) is 3. The molecule has 0 radical (unpaired) electrons. The van der Waals surface area contributed by atoms with E-state index in [1.807, 2.05) is 26.0 Å². The van der Waals surface area contributed by atoms with E-state index >= 15 is 0 Å². The summed E-state index contributed by atoms with van der Waals surface area (Å²) in [5, 5.41) is 9.74. The Kier molecular flexibility index (Phi) is 7.21.